The maximum atomic E-state index is 14.8. The Morgan fingerprint density at radius 2 is 1.70 bits per heavy atom. The number of rotatable bonds is 10. The van der Waals surface area contributed by atoms with Crippen molar-refractivity contribution >= 4 is 11.6 Å². The zero-order valence-corrected chi connectivity index (χ0v) is 18.6. The van der Waals surface area contributed by atoms with Gasteiger partial charge < -0.3 is 20.1 Å². The maximum absolute atomic E-state index is 14.8. The van der Waals surface area contributed by atoms with E-state index in [1.165, 1.54) is 6.07 Å². The minimum Gasteiger partial charge on any atom is -0.493 e. The lowest BCUT2D eigenvalue weighted by atomic mass is 9.94. The van der Waals surface area contributed by atoms with E-state index in [1.807, 2.05) is 18.2 Å². The number of nitrogens with zero attached hydrogens (tertiary/aromatic N) is 1. The summed E-state index contributed by atoms with van der Waals surface area (Å²) in [4.78, 5) is 14.0. The lowest BCUT2D eigenvalue weighted by Crippen LogP contribution is -2.34. The Hall–Kier alpha value is -3.87. The van der Waals surface area contributed by atoms with E-state index in [1.54, 1.807) is 49.5 Å². The molecule has 3 aromatic carbocycles. The molecule has 3 aromatic rings. The molecule has 0 aliphatic heterocycles. The van der Waals surface area contributed by atoms with Gasteiger partial charge in [-0.3, -0.25) is 4.79 Å². The number of benzene rings is 3. The molecule has 1 atom stereocenters. The molecular formula is C26H26F2N2O3. The summed E-state index contributed by atoms with van der Waals surface area (Å²) in [5.74, 6) is -1.82. The summed E-state index contributed by atoms with van der Waals surface area (Å²) in [5.41, 5.74) is 7.63. The summed E-state index contributed by atoms with van der Waals surface area (Å²) < 4.78 is 39.0. The normalized spacial score (nSPS) is 11.5. The molecular weight excluding hydrogens is 426 g/mol. The van der Waals surface area contributed by atoms with Crippen LogP contribution in [0.25, 0.3) is 0 Å². The highest BCUT2D eigenvalue weighted by molar-refractivity contribution is 5.86. The molecule has 1 unspecified atom stereocenters. The van der Waals surface area contributed by atoms with Gasteiger partial charge in [0.05, 0.1) is 19.9 Å². The lowest BCUT2D eigenvalue weighted by Gasteiger charge is -2.31. The van der Waals surface area contributed by atoms with Crippen molar-refractivity contribution in [2.45, 2.75) is 12.3 Å². The van der Waals surface area contributed by atoms with Crippen molar-refractivity contribution in [1.82, 2.24) is 0 Å². The number of hydrogen-bond acceptors (Lipinski definition) is 4. The Kier molecular flexibility index (Phi) is 7.66. The first kappa shape index (κ1) is 23.8. The van der Waals surface area contributed by atoms with Gasteiger partial charge in [0.15, 0.2) is 11.5 Å². The van der Waals surface area contributed by atoms with E-state index in [-0.39, 0.29) is 12.2 Å². The third kappa shape index (κ3) is 5.49. The van der Waals surface area contributed by atoms with E-state index in [4.69, 9.17) is 15.2 Å². The molecule has 33 heavy (non-hydrogen) atoms. The molecule has 0 spiro atoms. The predicted molar refractivity (Wildman–Crippen MR) is 124 cm³/mol. The number of anilines is 1. The van der Waals surface area contributed by atoms with Crippen molar-refractivity contribution in [2.75, 3.05) is 25.7 Å². The van der Waals surface area contributed by atoms with Crippen LogP contribution in [0, 0.1) is 11.6 Å². The molecule has 2 N–H and O–H groups in total. The van der Waals surface area contributed by atoms with Crippen LogP contribution in [0.15, 0.2) is 79.0 Å². The van der Waals surface area contributed by atoms with Crippen molar-refractivity contribution < 1.29 is 23.0 Å². The molecule has 0 saturated heterocycles. The molecule has 5 nitrogen and oxygen atoms in total. The van der Waals surface area contributed by atoms with Crippen molar-refractivity contribution in [3.05, 3.63) is 102 Å². The van der Waals surface area contributed by atoms with Crippen LogP contribution in [0.4, 0.5) is 14.5 Å². The monoisotopic (exact) mass is 452 g/mol. The minimum atomic E-state index is -0.888. The first-order valence-electron chi connectivity index (χ1n) is 10.3. The Labute approximate surface area is 192 Å². The average Bonchev–Trinajstić information content (AvgIpc) is 2.80. The van der Waals surface area contributed by atoms with Gasteiger partial charge in [0.2, 0.25) is 5.91 Å². The zero-order valence-electron chi connectivity index (χ0n) is 18.6. The van der Waals surface area contributed by atoms with E-state index in [0.29, 0.717) is 29.2 Å². The van der Waals surface area contributed by atoms with Crippen molar-refractivity contribution in [3.8, 4) is 11.5 Å². The van der Waals surface area contributed by atoms with Crippen LogP contribution in [-0.2, 0) is 11.2 Å². The van der Waals surface area contributed by atoms with Crippen LogP contribution in [0.2, 0.25) is 0 Å². The van der Waals surface area contributed by atoms with Gasteiger partial charge >= 0.3 is 0 Å². The molecule has 3 rings (SSSR count). The molecule has 0 heterocycles. The SMILES string of the molecule is C=C(C(C(N)=O)c1ccccc1)N(CCc1ccc(OC)c(OC)c1)c1ccc(F)cc1F. The summed E-state index contributed by atoms with van der Waals surface area (Å²) >= 11 is 0. The largest absolute Gasteiger partial charge is 0.493 e. The second-order valence-electron chi connectivity index (χ2n) is 7.42. The predicted octanol–water partition coefficient (Wildman–Crippen LogP) is 4.81. The molecule has 7 heteroatoms. The lowest BCUT2D eigenvalue weighted by molar-refractivity contribution is -0.118. The summed E-state index contributed by atoms with van der Waals surface area (Å²) in [6, 6.07) is 17.7. The molecule has 0 aliphatic rings. The Bertz CT molecular complexity index is 1140. The van der Waals surface area contributed by atoms with E-state index in [0.717, 1.165) is 17.7 Å². The van der Waals surface area contributed by atoms with Crippen LogP contribution in [-0.4, -0.2) is 26.7 Å². The number of halogens is 2. The van der Waals surface area contributed by atoms with Crippen LogP contribution in [0.1, 0.15) is 17.0 Å². The summed E-state index contributed by atoms with van der Waals surface area (Å²) in [7, 11) is 3.09. The van der Waals surface area contributed by atoms with Gasteiger partial charge in [0.1, 0.15) is 17.6 Å². The first-order chi connectivity index (χ1) is 15.8. The van der Waals surface area contributed by atoms with Crippen LogP contribution < -0.4 is 20.1 Å². The number of nitrogens with two attached hydrogens (primary N) is 1. The van der Waals surface area contributed by atoms with E-state index >= 15 is 0 Å². The minimum absolute atomic E-state index is 0.101. The van der Waals surface area contributed by atoms with Crippen molar-refractivity contribution in [3.63, 3.8) is 0 Å². The third-order valence-corrected chi connectivity index (χ3v) is 5.37. The standard InChI is InChI=1S/C26H26F2N2O3/c1-17(25(26(29)31)19-7-5-4-6-8-19)30(22-11-10-20(27)16-21(22)28)14-13-18-9-12-23(32-2)24(15-18)33-3/h4-12,15-16,25H,1,13-14H2,2-3H3,(H2,29,31). The fourth-order valence-electron chi connectivity index (χ4n) is 3.72. The summed E-state index contributed by atoms with van der Waals surface area (Å²) in [5, 5.41) is 0. The quantitative estimate of drug-likeness (QED) is 0.479. The van der Waals surface area contributed by atoms with Crippen LogP contribution in [0.3, 0.4) is 0 Å². The van der Waals surface area contributed by atoms with Gasteiger partial charge in [-0.1, -0.05) is 43.0 Å². The molecule has 0 radical (unpaired) electrons. The van der Waals surface area contributed by atoms with Gasteiger partial charge in [-0.2, -0.15) is 0 Å². The highest BCUT2D eigenvalue weighted by Crippen LogP contribution is 2.33. The van der Waals surface area contributed by atoms with Crippen molar-refractivity contribution in [2.24, 2.45) is 5.73 Å². The number of methoxy groups -OCH3 is 2. The molecule has 0 saturated carbocycles. The van der Waals surface area contributed by atoms with Crippen LogP contribution >= 0.6 is 0 Å². The molecule has 0 fully saturated rings. The number of carbonyl (C=O) groups is 1. The number of carbonyl (C=O) groups excluding carboxylic acids is 1. The van der Waals surface area contributed by atoms with E-state index < -0.39 is 23.5 Å². The van der Waals surface area contributed by atoms with Crippen molar-refractivity contribution in [1.29, 1.82) is 0 Å². The molecule has 0 aromatic heterocycles. The highest BCUT2D eigenvalue weighted by atomic mass is 19.1. The topological polar surface area (TPSA) is 64.8 Å². The third-order valence-electron chi connectivity index (χ3n) is 5.37. The van der Waals surface area contributed by atoms with Crippen LogP contribution in [0.5, 0.6) is 11.5 Å². The summed E-state index contributed by atoms with van der Waals surface area (Å²) in [6.45, 7) is 4.34. The average molecular weight is 453 g/mol. The fraction of sp³-hybridized carbons (Fsp3) is 0.192. The number of primary amides is 1. The second-order valence-corrected chi connectivity index (χ2v) is 7.42. The van der Waals surface area contributed by atoms with E-state index in [9.17, 15) is 13.6 Å². The van der Waals surface area contributed by atoms with Gasteiger partial charge in [0.25, 0.3) is 0 Å². The first-order valence-corrected chi connectivity index (χ1v) is 10.3. The Balaban J connectivity index is 1.97. The Morgan fingerprint density at radius 3 is 2.30 bits per heavy atom. The molecule has 1 amide bonds. The maximum Gasteiger partial charge on any atom is 0.230 e. The van der Waals surface area contributed by atoms with Gasteiger partial charge in [0, 0.05) is 18.3 Å². The number of ether oxygens (including phenoxy) is 2. The number of hydrogen-bond donors (Lipinski definition) is 1. The molecule has 0 aliphatic carbocycles. The number of amides is 1. The smallest absolute Gasteiger partial charge is 0.230 e. The van der Waals surface area contributed by atoms with Gasteiger partial charge in [-0.05, 0) is 41.8 Å². The fourth-order valence-corrected chi connectivity index (χ4v) is 3.72. The summed E-state index contributed by atoms with van der Waals surface area (Å²) in [6.07, 6.45) is 0.455. The second kappa shape index (κ2) is 10.6. The van der Waals surface area contributed by atoms with E-state index in [2.05, 4.69) is 6.58 Å². The zero-order chi connectivity index (χ0) is 24.0. The Morgan fingerprint density at radius 1 is 1.00 bits per heavy atom. The molecule has 172 valence electrons. The highest BCUT2D eigenvalue weighted by Gasteiger charge is 2.27. The van der Waals surface area contributed by atoms with Gasteiger partial charge in [-0.15, -0.1) is 0 Å². The molecule has 0 bridgehead atoms. The van der Waals surface area contributed by atoms with Gasteiger partial charge in [-0.25, -0.2) is 8.78 Å².